The Morgan fingerprint density at radius 2 is 0.854 bits per heavy atom. The van der Waals surface area contributed by atoms with Gasteiger partial charge in [0.25, 0.3) is 0 Å². The van der Waals surface area contributed by atoms with E-state index >= 15 is 0 Å². The minimum atomic E-state index is -1.28. The van der Waals surface area contributed by atoms with Crippen molar-refractivity contribution in [3.05, 3.63) is 12.2 Å². The third-order valence-electron chi connectivity index (χ3n) is 9.98. The molecule has 5 N–H and O–H groups in total. The monoisotopic (exact) mass is 682 g/mol. The SMILES string of the molecule is CCCCCCCCCCCCCCCC/C=C/CCCC(O)C(O)C(CO)NC(=O)C(O)CCCCCCCCCCCCCCC. The van der Waals surface area contributed by atoms with E-state index in [1.165, 1.54) is 154 Å². The van der Waals surface area contributed by atoms with Gasteiger partial charge in [-0.15, -0.1) is 0 Å². The summed E-state index contributed by atoms with van der Waals surface area (Å²) >= 11 is 0. The van der Waals surface area contributed by atoms with E-state index in [2.05, 4.69) is 31.3 Å². The van der Waals surface area contributed by atoms with Crippen molar-refractivity contribution in [2.75, 3.05) is 6.61 Å². The first-order valence-electron chi connectivity index (χ1n) is 21.1. The van der Waals surface area contributed by atoms with E-state index in [0.29, 0.717) is 12.8 Å². The second kappa shape index (κ2) is 37.3. The molecule has 0 heterocycles. The molecule has 4 unspecified atom stereocenters. The molecule has 0 aromatic carbocycles. The maximum Gasteiger partial charge on any atom is 0.249 e. The number of allylic oxidation sites excluding steroid dienone is 2. The lowest BCUT2D eigenvalue weighted by molar-refractivity contribution is -0.132. The zero-order chi connectivity index (χ0) is 35.3. The second-order valence-electron chi connectivity index (χ2n) is 14.7. The van der Waals surface area contributed by atoms with E-state index in [0.717, 1.165) is 38.5 Å². The van der Waals surface area contributed by atoms with E-state index in [4.69, 9.17) is 0 Å². The van der Waals surface area contributed by atoms with Crippen molar-refractivity contribution in [1.29, 1.82) is 0 Å². The van der Waals surface area contributed by atoms with Gasteiger partial charge in [-0.05, 0) is 38.5 Å². The molecule has 0 rings (SSSR count). The van der Waals surface area contributed by atoms with Crippen LogP contribution < -0.4 is 5.32 Å². The van der Waals surface area contributed by atoms with Gasteiger partial charge in [0.05, 0.1) is 18.8 Å². The number of carbonyl (C=O) groups excluding carboxylic acids is 1. The molecule has 0 spiro atoms. The topological polar surface area (TPSA) is 110 Å². The summed E-state index contributed by atoms with van der Waals surface area (Å²) in [5, 5.41) is 43.6. The van der Waals surface area contributed by atoms with E-state index in [1.807, 2.05) is 0 Å². The van der Waals surface area contributed by atoms with Crippen LogP contribution in [0, 0.1) is 0 Å². The largest absolute Gasteiger partial charge is 0.394 e. The van der Waals surface area contributed by atoms with Crippen molar-refractivity contribution >= 4 is 5.91 Å². The molecule has 1 amide bonds. The van der Waals surface area contributed by atoms with Gasteiger partial charge in [0.15, 0.2) is 0 Å². The highest BCUT2D eigenvalue weighted by atomic mass is 16.3. The fourth-order valence-electron chi connectivity index (χ4n) is 6.58. The van der Waals surface area contributed by atoms with Crippen LogP contribution in [0.5, 0.6) is 0 Å². The van der Waals surface area contributed by atoms with Crippen LogP contribution in [0.3, 0.4) is 0 Å². The van der Waals surface area contributed by atoms with Gasteiger partial charge in [-0.2, -0.15) is 0 Å². The number of amides is 1. The van der Waals surface area contributed by atoms with Crippen molar-refractivity contribution in [3.8, 4) is 0 Å². The third-order valence-corrected chi connectivity index (χ3v) is 9.98. The Bertz CT molecular complexity index is 687. The molecule has 286 valence electrons. The number of unbranched alkanes of at least 4 members (excludes halogenated alkanes) is 27. The molecule has 0 aliphatic heterocycles. The number of aliphatic hydroxyl groups excluding tert-OH is 4. The quantitative estimate of drug-likeness (QED) is 0.0329. The van der Waals surface area contributed by atoms with Crippen molar-refractivity contribution in [2.24, 2.45) is 0 Å². The average Bonchev–Trinajstić information content (AvgIpc) is 3.09. The van der Waals surface area contributed by atoms with Gasteiger partial charge in [0.2, 0.25) is 5.91 Å². The van der Waals surface area contributed by atoms with E-state index in [1.54, 1.807) is 0 Å². The first-order chi connectivity index (χ1) is 23.5. The van der Waals surface area contributed by atoms with Crippen LogP contribution in [-0.4, -0.2) is 57.3 Å². The fourth-order valence-corrected chi connectivity index (χ4v) is 6.58. The summed E-state index contributed by atoms with van der Waals surface area (Å²) in [6.07, 6.45) is 39.5. The zero-order valence-corrected chi connectivity index (χ0v) is 32.0. The van der Waals surface area contributed by atoms with Crippen LogP contribution in [0.15, 0.2) is 12.2 Å². The van der Waals surface area contributed by atoms with Crippen molar-refractivity contribution in [1.82, 2.24) is 5.32 Å². The summed E-state index contributed by atoms with van der Waals surface area (Å²) in [4.78, 5) is 12.5. The molecule has 0 fully saturated rings. The first-order valence-corrected chi connectivity index (χ1v) is 21.1. The van der Waals surface area contributed by atoms with Crippen LogP contribution in [0.4, 0.5) is 0 Å². The van der Waals surface area contributed by atoms with Gasteiger partial charge in [-0.25, -0.2) is 0 Å². The molecule has 0 radical (unpaired) electrons. The minimum Gasteiger partial charge on any atom is -0.394 e. The molecule has 0 bridgehead atoms. The number of hydrogen-bond donors (Lipinski definition) is 5. The number of rotatable bonds is 38. The molecule has 0 aliphatic carbocycles. The Labute approximate surface area is 298 Å². The highest BCUT2D eigenvalue weighted by molar-refractivity contribution is 5.80. The summed E-state index contributed by atoms with van der Waals surface area (Å²) in [5.74, 6) is -0.592. The fraction of sp³-hybridized carbons (Fsp3) is 0.929. The summed E-state index contributed by atoms with van der Waals surface area (Å²) in [7, 11) is 0. The van der Waals surface area contributed by atoms with Crippen molar-refractivity contribution < 1.29 is 25.2 Å². The lowest BCUT2D eigenvalue weighted by Gasteiger charge is -2.27. The van der Waals surface area contributed by atoms with Crippen LogP contribution >= 0.6 is 0 Å². The van der Waals surface area contributed by atoms with Gasteiger partial charge < -0.3 is 25.7 Å². The highest BCUT2D eigenvalue weighted by Gasteiger charge is 2.28. The first kappa shape index (κ1) is 47.0. The normalized spacial score (nSPS) is 14.4. The van der Waals surface area contributed by atoms with Gasteiger partial charge in [0, 0.05) is 0 Å². The Hall–Kier alpha value is -0.950. The van der Waals surface area contributed by atoms with Crippen molar-refractivity contribution in [3.63, 3.8) is 0 Å². The summed E-state index contributed by atoms with van der Waals surface area (Å²) in [6.45, 7) is 4.04. The van der Waals surface area contributed by atoms with Crippen molar-refractivity contribution in [2.45, 2.75) is 244 Å². The van der Waals surface area contributed by atoms with E-state index in [-0.39, 0.29) is 0 Å². The van der Waals surface area contributed by atoms with Gasteiger partial charge in [-0.3, -0.25) is 4.79 Å². The Kier molecular flexibility index (Phi) is 36.6. The maximum atomic E-state index is 12.5. The van der Waals surface area contributed by atoms with Gasteiger partial charge in [0.1, 0.15) is 12.2 Å². The smallest absolute Gasteiger partial charge is 0.249 e. The maximum absolute atomic E-state index is 12.5. The molecular formula is C42H83NO5. The lowest BCUT2D eigenvalue weighted by atomic mass is 10.00. The average molecular weight is 682 g/mol. The van der Waals surface area contributed by atoms with Crippen LogP contribution in [0.25, 0.3) is 0 Å². The number of aliphatic hydroxyl groups is 4. The second-order valence-corrected chi connectivity index (χ2v) is 14.7. The summed E-state index contributed by atoms with van der Waals surface area (Å²) < 4.78 is 0. The molecule has 0 aromatic heterocycles. The molecule has 48 heavy (non-hydrogen) atoms. The molecule has 0 aliphatic rings. The predicted molar refractivity (Wildman–Crippen MR) is 205 cm³/mol. The molecule has 6 nitrogen and oxygen atoms in total. The summed E-state index contributed by atoms with van der Waals surface area (Å²) in [6, 6.07) is -0.996. The number of nitrogens with one attached hydrogen (secondary N) is 1. The molecule has 0 saturated heterocycles. The number of carbonyl (C=O) groups is 1. The molecule has 6 heteroatoms. The van der Waals surface area contributed by atoms with Gasteiger partial charge >= 0.3 is 0 Å². The Morgan fingerprint density at radius 3 is 1.25 bits per heavy atom. The van der Waals surface area contributed by atoms with Crippen LogP contribution in [-0.2, 0) is 4.79 Å². The minimum absolute atomic E-state index is 0.367. The number of hydrogen-bond acceptors (Lipinski definition) is 5. The van der Waals surface area contributed by atoms with Crippen LogP contribution in [0.1, 0.15) is 219 Å². The third kappa shape index (κ3) is 31.1. The van der Waals surface area contributed by atoms with Gasteiger partial charge in [-0.1, -0.05) is 193 Å². The summed E-state index contributed by atoms with van der Waals surface area (Å²) in [5.41, 5.74) is 0. The molecule has 0 saturated carbocycles. The van der Waals surface area contributed by atoms with E-state index in [9.17, 15) is 25.2 Å². The molecule has 0 aromatic rings. The Balaban J connectivity index is 3.77. The Morgan fingerprint density at radius 1 is 0.500 bits per heavy atom. The standard InChI is InChI=1S/C42H83NO5/c1-3-5-7-9-11-13-15-17-18-19-20-21-22-24-25-27-29-31-33-35-39(45)41(47)38(37-44)43-42(48)40(46)36-34-32-30-28-26-23-16-14-12-10-8-6-4-2/h27,29,38-41,44-47H,3-26,28,30-37H2,1-2H3,(H,43,48)/b29-27+. The van der Waals surface area contributed by atoms with E-state index < -0.39 is 36.9 Å². The lowest BCUT2D eigenvalue weighted by Crippen LogP contribution is -2.53. The molecule has 4 atom stereocenters. The predicted octanol–water partition coefficient (Wildman–Crippen LogP) is 10.6. The zero-order valence-electron chi connectivity index (χ0n) is 32.0. The van der Waals surface area contributed by atoms with Crippen LogP contribution in [0.2, 0.25) is 0 Å². The molecular weight excluding hydrogens is 598 g/mol. The highest BCUT2D eigenvalue weighted by Crippen LogP contribution is 2.16.